The molecule has 2 rings (SSSR count). The Bertz CT molecular complexity index is 745. The van der Waals surface area contributed by atoms with Gasteiger partial charge in [-0.15, -0.1) is 0 Å². The van der Waals surface area contributed by atoms with E-state index in [0.29, 0.717) is 56.3 Å². The second kappa shape index (κ2) is 7.23. The van der Waals surface area contributed by atoms with Crippen LogP contribution in [0.2, 0.25) is 0 Å². The number of aryl methyl sites for hydroxylation is 1. The number of nitrogens with one attached hydrogen (secondary N) is 2. The van der Waals surface area contributed by atoms with Gasteiger partial charge in [0.15, 0.2) is 11.2 Å². The zero-order valence-corrected chi connectivity index (χ0v) is 12.9. The highest BCUT2D eigenvalue weighted by molar-refractivity contribution is 5.72. The Labute approximate surface area is 127 Å². The summed E-state index contributed by atoms with van der Waals surface area (Å²) in [6.45, 7) is 4.00. The smallest absolute Gasteiger partial charge is 0.332 e. The van der Waals surface area contributed by atoms with E-state index in [1.807, 2.05) is 0 Å². The lowest BCUT2D eigenvalue weighted by molar-refractivity contribution is 0.190. The number of imidazole rings is 1. The molecule has 0 saturated carbocycles. The number of methoxy groups -OCH3 is 1. The summed E-state index contributed by atoms with van der Waals surface area (Å²) in [5, 5.41) is 2.98. The van der Waals surface area contributed by atoms with Crippen molar-refractivity contribution in [2.75, 3.05) is 32.1 Å². The van der Waals surface area contributed by atoms with Gasteiger partial charge in [-0.25, -0.2) is 4.79 Å². The van der Waals surface area contributed by atoms with Crippen molar-refractivity contribution in [3.8, 4) is 0 Å². The Morgan fingerprint density at radius 1 is 1.36 bits per heavy atom. The largest absolute Gasteiger partial charge is 0.385 e. The number of rotatable bonds is 8. The number of hydrogen-bond acceptors (Lipinski definition) is 6. The Morgan fingerprint density at radius 2 is 2.14 bits per heavy atom. The number of H-pyrrole nitrogens is 1. The fraction of sp³-hybridized carbons (Fsp3) is 0.615. The lowest BCUT2D eigenvalue weighted by atomic mass is 10.4. The minimum absolute atomic E-state index is 0.308. The lowest BCUT2D eigenvalue weighted by Crippen LogP contribution is -2.39. The first-order valence-corrected chi connectivity index (χ1v) is 7.30. The van der Waals surface area contributed by atoms with Crippen LogP contribution in [-0.4, -0.2) is 45.9 Å². The standard InChI is InChI=1S/C13H22N6O3/c1-3-18-11(20)9-10(17-12(16-9)15-6-5-14)19(13(18)21)7-4-8-22-2/h3-8,14H2,1-2H3,(H2,15,16,17). The average Bonchev–Trinajstić information content (AvgIpc) is 2.93. The van der Waals surface area contributed by atoms with Crippen LogP contribution < -0.4 is 22.3 Å². The summed E-state index contributed by atoms with van der Waals surface area (Å²) in [4.78, 5) is 32.0. The van der Waals surface area contributed by atoms with Crippen molar-refractivity contribution in [3.05, 3.63) is 20.8 Å². The van der Waals surface area contributed by atoms with Crippen molar-refractivity contribution in [2.45, 2.75) is 26.4 Å². The summed E-state index contributed by atoms with van der Waals surface area (Å²) in [7, 11) is 1.61. The number of anilines is 1. The number of ether oxygens (including phenoxy) is 1. The van der Waals surface area contributed by atoms with E-state index in [1.54, 1.807) is 14.0 Å². The van der Waals surface area contributed by atoms with E-state index in [9.17, 15) is 9.59 Å². The maximum absolute atomic E-state index is 12.4. The molecular formula is C13H22N6O3. The number of aromatic nitrogens is 4. The first-order valence-electron chi connectivity index (χ1n) is 7.30. The van der Waals surface area contributed by atoms with Crippen molar-refractivity contribution >= 4 is 17.1 Å². The van der Waals surface area contributed by atoms with Gasteiger partial charge in [0.1, 0.15) is 0 Å². The van der Waals surface area contributed by atoms with E-state index in [2.05, 4.69) is 15.3 Å². The number of fused-ring (bicyclic) bond motifs is 1. The highest BCUT2D eigenvalue weighted by Crippen LogP contribution is 2.09. The topological polar surface area (TPSA) is 120 Å². The normalized spacial score (nSPS) is 11.2. The van der Waals surface area contributed by atoms with Crippen molar-refractivity contribution in [1.82, 2.24) is 19.1 Å². The van der Waals surface area contributed by atoms with E-state index in [0.717, 1.165) is 0 Å². The van der Waals surface area contributed by atoms with E-state index >= 15 is 0 Å². The molecule has 0 spiro atoms. The quantitative estimate of drug-likeness (QED) is 0.555. The zero-order chi connectivity index (χ0) is 16.1. The number of hydrogen-bond donors (Lipinski definition) is 3. The third kappa shape index (κ3) is 3.04. The minimum atomic E-state index is -0.362. The monoisotopic (exact) mass is 310 g/mol. The Hall–Kier alpha value is -2.13. The molecule has 0 bridgehead atoms. The Morgan fingerprint density at radius 3 is 2.77 bits per heavy atom. The molecule has 4 N–H and O–H groups in total. The SMILES string of the molecule is CCn1c(=O)c2[nH]c(NCCN)nc2n(CCCOC)c1=O. The molecule has 0 aliphatic rings. The van der Waals surface area contributed by atoms with Gasteiger partial charge in [0, 0.05) is 39.9 Å². The molecule has 22 heavy (non-hydrogen) atoms. The number of aromatic amines is 1. The van der Waals surface area contributed by atoms with Gasteiger partial charge in [-0.2, -0.15) is 4.98 Å². The molecule has 0 aromatic carbocycles. The van der Waals surface area contributed by atoms with Gasteiger partial charge in [0.2, 0.25) is 5.95 Å². The number of nitrogens with two attached hydrogens (primary N) is 1. The molecule has 0 radical (unpaired) electrons. The summed E-state index contributed by atoms with van der Waals surface area (Å²) >= 11 is 0. The van der Waals surface area contributed by atoms with Crippen LogP contribution in [0.4, 0.5) is 5.95 Å². The summed E-state index contributed by atoms with van der Waals surface area (Å²) in [5.74, 6) is 0.436. The second-order valence-electron chi connectivity index (χ2n) is 4.83. The van der Waals surface area contributed by atoms with Gasteiger partial charge >= 0.3 is 5.69 Å². The van der Waals surface area contributed by atoms with Crippen molar-refractivity contribution in [2.24, 2.45) is 5.73 Å². The average molecular weight is 310 g/mol. The van der Waals surface area contributed by atoms with Gasteiger partial charge in [-0.3, -0.25) is 13.9 Å². The van der Waals surface area contributed by atoms with Gasteiger partial charge in [0.25, 0.3) is 5.56 Å². The van der Waals surface area contributed by atoms with Crippen LogP contribution in [0.5, 0.6) is 0 Å². The van der Waals surface area contributed by atoms with Crippen LogP contribution in [0, 0.1) is 0 Å². The molecule has 0 unspecified atom stereocenters. The van der Waals surface area contributed by atoms with E-state index in [-0.39, 0.29) is 11.2 Å². The Kier molecular flexibility index (Phi) is 5.34. The molecule has 0 atom stereocenters. The molecule has 0 amide bonds. The van der Waals surface area contributed by atoms with E-state index in [4.69, 9.17) is 10.5 Å². The molecule has 9 nitrogen and oxygen atoms in total. The maximum atomic E-state index is 12.4. The molecule has 2 aromatic rings. The van der Waals surface area contributed by atoms with Crippen molar-refractivity contribution in [1.29, 1.82) is 0 Å². The van der Waals surface area contributed by atoms with E-state index < -0.39 is 0 Å². The zero-order valence-electron chi connectivity index (χ0n) is 12.9. The van der Waals surface area contributed by atoms with Gasteiger partial charge in [-0.1, -0.05) is 0 Å². The molecule has 2 heterocycles. The molecular weight excluding hydrogens is 288 g/mol. The molecule has 122 valence electrons. The number of nitrogens with zero attached hydrogens (tertiary/aromatic N) is 3. The minimum Gasteiger partial charge on any atom is -0.385 e. The van der Waals surface area contributed by atoms with Crippen molar-refractivity contribution < 1.29 is 4.74 Å². The summed E-state index contributed by atoms with van der Waals surface area (Å²) < 4.78 is 7.71. The third-order valence-corrected chi connectivity index (χ3v) is 3.34. The third-order valence-electron chi connectivity index (χ3n) is 3.34. The second-order valence-corrected chi connectivity index (χ2v) is 4.83. The lowest BCUT2D eigenvalue weighted by Gasteiger charge is -2.09. The highest BCUT2D eigenvalue weighted by Gasteiger charge is 2.16. The van der Waals surface area contributed by atoms with Crippen molar-refractivity contribution in [3.63, 3.8) is 0 Å². The maximum Gasteiger partial charge on any atom is 0.332 e. The van der Waals surface area contributed by atoms with Crippen LogP contribution in [0.3, 0.4) is 0 Å². The Balaban J connectivity index is 2.55. The molecule has 0 aliphatic carbocycles. The molecule has 0 aliphatic heterocycles. The molecule has 9 heteroatoms. The predicted octanol–water partition coefficient (Wildman–Crippen LogP) is -0.687. The van der Waals surface area contributed by atoms with Gasteiger partial charge < -0.3 is 20.8 Å². The highest BCUT2D eigenvalue weighted by atomic mass is 16.5. The molecule has 2 aromatic heterocycles. The first-order chi connectivity index (χ1) is 10.6. The van der Waals surface area contributed by atoms with Gasteiger partial charge in [-0.05, 0) is 13.3 Å². The van der Waals surface area contributed by atoms with Gasteiger partial charge in [0.05, 0.1) is 0 Å². The van der Waals surface area contributed by atoms with Crippen LogP contribution >= 0.6 is 0 Å². The first kappa shape index (κ1) is 16.2. The van der Waals surface area contributed by atoms with Crippen LogP contribution in [0.25, 0.3) is 11.2 Å². The van der Waals surface area contributed by atoms with Crippen LogP contribution in [-0.2, 0) is 17.8 Å². The van der Waals surface area contributed by atoms with E-state index in [1.165, 1.54) is 9.13 Å². The fourth-order valence-electron chi connectivity index (χ4n) is 2.29. The van der Waals surface area contributed by atoms with Crippen LogP contribution in [0.15, 0.2) is 9.59 Å². The summed E-state index contributed by atoms with van der Waals surface area (Å²) in [6.07, 6.45) is 0.659. The molecule has 0 fully saturated rings. The van der Waals surface area contributed by atoms with Crippen LogP contribution in [0.1, 0.15) is 13.3 Å². The summed E-state index contributed by atoms with van der Waals surface area (Å²) in [6, 6.07) is 0. The molecule has 0 saturated heterocycles. The summed E-state index contributed by atoms with van der Waals surface area (Å²) in [5.41, 5.74) is 5.40. The fourth-order valence-corrected chi connectivity index (χ4v) is 2.29. The predicted molar refractivity (Wildman–Crippen MR) is 84.3 cm³/mol.